The van der Waals surface area contributed by atoms with Crippen molar-refractivity contribution in [2.75, 3.05) is 0 Å². The Morgan fingerprint density at radius 2 is 1.64 bits per heavy atom. The highest BCUT2D eigenvalue weighted by atomic mass is 14.6. The summed E-state index contributed by atoms with van der Waals surface area (Å²) in [6, 6.07) is 8.75. The average molecular weight is 191 g/mol. The summed E-state index contributed by atoms with van der Waals surface area (Å²) in [5, 5.41) is 0. The minimum atomic E-state index is 0.195. The van der Waals surface area contributed by atoms with Gasteiger partial charge in [0, 0.05) is 6.04 Å². The normalized spacial score (nSPS) is 15.1. The molecule has 0 saturated heterocycles. The fourth-order valence-electron chi connectivity index (χ4n) is 1.74. The molecule has 1 heteroatoms. The number of hydrogen-bond acceptors (Lipinski definition) is 1. The van der Waals surface area contributed by atoms with Crippen LogP contribution in [0.3, 0.4) is 0 Å². The van der Waals surface area contributed by atoms with E-state index in [0.717, 1.165) is 6.42 Å². The monoisotopic (exact) mass is 191 g/mol. The first-order valence-corrected chi connectivity index (χ1v) is 5.55. The van der Waals surface area contributed by atoms with Crippen molar-refractivity contribution in [2.24, 2.45) is 5.73 Å². The van der Waals surface area contributed by atoms with E-state index in [2.05, 4.69) is 45.0 Å². The molecule has 78 valence electrons. The van der Waals surface area contributed by atoms with Crippen molar-refractivity contribution in [1.29, 1.82) is 0 Å². The van der Waals surface area contributed by atoms with Crippen LogP contribution in [0.5, 0.6) is 0 Å². The summed E-state index contributed by atoms with van der Waals surface area (Å²) >= 11 is 0. The zero-order chi connectivity index (χ0) is 10.6. The third kappa shape index (κ3) is 2.36. The van der Waals surface area contributed by atoms with Crippen molar-refractivity contribution >= 4 is 0 Å². The van der Waals surface area contributed by atoms with E-state index in [1.165, 1.54) is 17.5 Å². The molecule has 0 spiro atoms. The van der Waals surface area contributed by atoms with Crippen molar-refractivity contribution in [3.05, 3.63) is 35.4 Å². The number of hydrogen-bond donors (Lipinski definition) is 1. The van der Waals surface area contributed by atoms with Crippen LogP contribution >= 0.6 is 0 Å². The summed E-state index contributed by atoms with van der Waals surface area (Å²) in [6.45, 7) is 6.62. The molecular weight excluding hydrogens is 170 g/mol. The Morgan fingerprint density at radius 3 is 2.14 bits per heavy atom. The molecule has 0 aliphatic rings. The summed E-state index contributed by atoms with van der Waals surface area (Å²) in [6.07, 6.45) is 2.18. The largest absolute Gasteiger partial charge is 0.324 e. The number of rotatable bonds is 4. The lowest BCUT2D eigenvalue weighted by Crippen LogP contribution is -2.12. The highest BCUT2D eigenvalue weighted by molar-refractivity contribution is 5.32. The van der Waals surface area contributed by atoms with Crippen LogP contribution in [0.4, 0.5) is 0 Å². The van der Waals surface area contributed by atoms with Gasteiger partial charge in [0.05, 0.1) is 0 Å². The van der Waals surface area contributed by atoms with Gasteiger partial charge in [-0.25, -0.2) is 0 Å². The van der Waals surface area contributed by atoms with Crippen LogP contribution in [0.25, 0.3) is 0 Å². The second-order valence-corrected chi connectivity index (χ2v) is 3.95. The summed E-state index contributed by atoms with van der Waals surface area (Å²) in [4.78, 5) is 0. The Balaban J connectivity index is 3.02. The van der Waals surface area contributed by atoms with Crippen molar-refractivity contribution in [2.45, 2.75) is 45.6 Å². The number of benzene rings is 1. The minimum absolute atomic E-state index is 0.195. The van der Waals surface area contributed by atoms with E-state index < -0.39 is 0 Å². The summed E-state index contributed by atoms with van der Waals surface area (Å²) in [5.41, 5.74) is 8.83. The second kappa shape index (κ2) is 5.16. The highest BCUT2D eigenvalue weighted by Crippen LogP contribution is 2.27. The van der Waals surface area contributed by atoms with Gasteiger partial charge in [-0.1, -0.05) is 45.0 Å². The maximum absolute atomic E-state index is 6.09. The van der Waals surface area contributed by atoms with E-state index in [-0.39, 0.29) is 6.04 Å². The smallest absolute Gasteiger partial charge is 0.0295 e. The number of nitrogens with two attached hydrogens (primary N) is 1. The van der Waals surface area contributed by atoms with Crippen molar-refractivity contribution in [1.82, 2.24) is 0 Å². The predicted octanol–water partition coefficient (Wildman–Crippen LogP) is 3.61. The van der Waals surface area contributed by atoms with Gasteiger partial charge in [-0.2, -0.15) is 0 Å². The molecule has 0 amide bonds. The molecule has 0 aliphatic carbocycles. The summed E-state index contributed by atoms with van der Waals surface area (Å²) in [5.74, 6) is 0.615. The molecular formula is C13H21N. The van der Waals surface area contributed by atoms with Gasteiger partial charge in [0.1, 0.15) is 0 Å². The molecule has 2 N–H and O–H groups in total. The van der Waals surface area contributed by atoms with Gasteiger partial charge in [0.25, 0.3) is 0 Å². The van der Waals surface area contributed by atoms with E-state index >= 15 is 0 Å². The van der Waals surface area contributed by atoms with Crippen LogP contribution in [-0.2, 0) is 0 Å². The molecule has 0 fully saturated rings. The van der Waals surface area contributed by atoms with Gasteiger partial charge >= 0.3 is 0 Å². The first kappa shape index (κ1) is 11.3. The van der Waals surface area contributed by atoms with Gasteiger partial charge in [-0.05, 0) is 29.9 Å². The van der Waals surface area contributed by atoms with Crippen molar-refractivity contribution in [3.63, 3.8) is 0 Å². The fourth-order valence-corrected chi connectivity index (χ4v) is 1.74. The molecule has 14 heavy (non-hydrogen) atoms. The predicted molar refractivity (Wildman–Crippen MR) is 62.4 cm³/mol. The second-order valence-electron chi connectivity index (χ2n) is 3.95. The molecule has 1 aromatic rings. The van der Waals surface area contributed by atoms with Crippen LogP contribution in [0, 0.1) is 0 Å². The minimum Gasteiger partial charge on any atom is -0.324 e. The molecule has 2 unspecified atom stereocenters. The van der Waals surface area contributed by atoms with Gasteiger partial charge in [0.2, 0.25) is 0 Å². The summed E-state index contributed by atoms with van der Waals surface area (Å²) < 4.78 is 0. The molecule has 1 nitrogen and oxygen atoms in total. The maximum atomic E-state index is 6.09. The van der Waals surface area contributed by atoms with Crippen LogP contribution in [0.1, 0.15) is 56.7 Å². The molecule has 0 radical (unpaired) electrons. The maximum Gasteiger partial charge on any atom is 0.0295 e. The van der Waals surface area contributed by atoms with Crippen LogP contribution in [-0.4, -0.2) is 0 Å². The molecule has 0 aliphatic heterocycles. The molecule has 0 aromatic heterocycles. The highest BCUT2D eigenvalue weighted by Gasteiger charge is 2.12. The molecule has 2 atom stereocenters. The molecule has 1 rings (SSSR count). The third-order valence-corrected chi connectivity index (χ3v) is 2.98. The van der Waals surface area contributed by atoms with Crippen molar-refractivity contribution < 1.29 is 0 Å². The van der Waals surface area contributed by atoms with E-state index in [4.69, 9.17) is 5.73 Å². The lowest BCUT2D eigenvalue weighted by Gasteiger charge is -2.18. The van der Waals surface area contributed by atoms with Gasteiger partial charge in [0.15, 0.2) is 0 Å². The lowest BCUT2D eigenvalue weighted by molar-refractivity contribution is 0.658. The summed E-state index contributed by atoms with van der Waals surface area (Å²) in [7, 11) is 0. The molecule has 1 aromatic carbocycles. The third-order valence-electron chi connectivity index (χ3n) is 2.98. The van der Waals surface area contributed by atoms with E-state index in [9.17, 15) is 0 Å². The van der Waals surface area contributed by atoms with Crippen LogP contribution < -0.4 is 5.73 Å². The average Bonchev–Trinajstić information content (AvgIpc) is 2.27. The van der Waals surface area contributed by atoms with Crippen LogP contribution in [0.15, 0.2) is 24.3 Å². The Morgan fingerprint density at radius 1 is 1.07 bits per heavy atom. The van der Waals surface area contributed by atoms with E-state index in [0.29, 0.717) is 5.92 Å². The topological polar surface area (TPSA) is 26.0 Å². The molecule has 0 saturated carbocycles. The Hall–Kier alpha value is -0.820. The standard InChI is InChI=1S/C13H21N/c1-4-10(3)11-8-6-7-9-12(11)13(14)5-2/h6-10,13H,4-5,14H2,1-3H3. The van der Waals surface area contributed by atoms with Gasteiger partial charge in [-0.15, -0.1) is 0 Å². The fraction of sp³-hybridized carbons (Fsp3) is 0.538. The first-order valence-electron chi connectivity index (χ1n) is 5.55. The van der Waals surface area contributed by atoms with Crippen molar-refractivity contribution in [3.8, 4) is 0 Å². The van der Waals surface area contributed by atoms with Crippen LogP contribution in [0.2, 0.25) is 0 Å². The zero-order valence-electron chi connectivity index (χ0n) is 9.46. The van der Waals surface area contributed by atoms with E-state index in [1.54, 1.807) is 0 Å². The first-order chi connectivity index (χ1) is 6.70. The zero-order valence-corrected chi connectivity index (χ0v) is 9.46. The Kier molecular flexibility index (Phi) is 4.15. The quantitative estimate of drug-likeness (QED) is 0.773. The molecule has 0 heterocycles. The SMILES string of the molecule is CCC(C)c1ccccc1C(N)CC. The van der Waals surface area contributed by atoms with Gasteiger partial charge in [-0.3, -0.25) is 0 Å². The lowest BCUT2D eigenvalue weighted by atomic mass is 9.90. The Labute approximate surface area is 87.3 Å². The van der Waals surface area contributed by atoms with Gasteiger partial charge < -0.3 is 5.73 Å². The Bertz CT molecular complexity index is 251. The molecule has 0 bridgehead atoms. The van der Waals surface area contributed by atoms with E-state index in [1.807, 2.05) is 0 Å².